The van der Waals surface area contributed by atoms with Gasteiger partial charge in [-0.3, -0.25) is 4.79 Å². The van der Waals surface area contributed by atoms with Crippen molar-refractivity contribution in [2.75, 3.05) is 13.1 Å². The van der Waals surface area contributed by atoms with Crippen LogP contribution in [0.4, 0.5) is 0 Å². The molecule has 0 aromatic carbocycles. The Bertz CT molecular complexity index is 207. The van der Waals surface area contributed by atoms with Crippen LogP contribution < -0.4 is 5.32 Å². The predicted octanol–water partition coefficient (Wildman–Crippen LogP) is 1.57. The molecule has 1 aliphatic rings. The van der Waals surface area contributed by atoms with Crippen molar-refractivity contribution < 1.29 is 9.53 Å². The summed E-state index contributed by atoms with van der Waals surface area (Å²) < 4.78 is 5.42. The van der Waals surface area contributed by atoms with Gasteiger partial charge < -0.3 is 10.1 Å². The number of hydrogen-bond acceptors (Lipinski definition) is 3. The molecule has 0 aromatic rings. The molecule has 1 heterocycles. The summed E-state index contributed by atoms with van der Waals surface area (Å²) in [5.41, 5.74) is -0.302. The largest absolute Gasteiger partial charge is 0.462 e. The normalized spacial score (nSPS) is 29.2. The average Bonchev–Trinajstić information content (AvgIpc) is 2.53. The Hall–Kier alpha value is -0.570. The van der Waals surface area contributed by atoms with Gasteiger partial charge in [0.2, 0.25) is 0 Å². The third kappa shape index (κ3) is 2.47. The molecule has 0 amide bonds. The Morgan fingerprint density at radius 3 is 2.50 bits per heavy atom. The van der Waals surface area contributed by atoms with E-state index in [0.29, 0.717) is 5.92 Å². The fourth-order valence-electron chi connectivity index (χ4n) is 1.44. The second kappa shape index (κ2) is 4.30. The van der Waals surface area contributed by atoms with Crippen molar-refractivity contribution >= 4 is 5.97 Å². The summed E-state index contributed by atoms with van der Waals surface area (Å²) >= 11 is 0. The molecule has 2 unspecified atom stereocenters. The van der Waals surface area contributed by atoms with Crippen LogP contribution in [0.25, 0.3) is 0 Å². The first-order valence-electron chi connectivity index (χ1n) is 5.37. The minimum atomic E-state index is -0.302. The second-order valence-electron chi connectivity index (χ2n) is 4.84. The van der Waals surface area contributed by atoms with E-state index in [-0.39, 0.29) is 17.5 Å². The maximum Gasteiger partial charge on any atom is 0.313 e. The van der Waals surface area contributed by atoms with Crippen molar-refractivity contribution in [3.63, 3.8) is 0 Å². The number of ether oxygens (including phenoxy) is 1. The van der Waals surface area contributed by atoms with Gasteiger partial charge in [0.15, 0.2) is 0 Å². The van der Waals surface area contributed by atoms with Crippen molar-refractivity contribution in [3.8, 4) is 0 Å². The summed E-state index contributed by atoms with van der Waals surface area (Å²) in [6, 6.07) is 0. The van der Waals surface area contributed by atoms with Gasteiger partial charge >= 0.3 is 5.97 Å². The highest BCUT2D eigenvalue weighted by Crippen LogP contribution is 2.27. The smallest absolute Gasteiger partial charge is 0.313 e. The van der Waals surface area contributed by atoms with Crippen LogP contribution >= 0.6 is 0 Å². The highest BCUT2D eigenvalue weighted by Gasteiger charge is 2.38. The van der Waals surface area contributed by atoms with E-state index in [0.717, 1.165) is 19.5 Å². The van der Waals surface area contributed by atoms with Gasteiger partial charge in [0.05, 0.1) is 5.41 Å². The van der Waals surface area contributed by atoms with Crippen LogP contribution in [0.5, 0.6) is 0 Å². The molecule has 0 aromatic heterocycles. The minimum absolute atomic E-state index is 0.0138. The van der Waals surface area contributed by atoms with Crippen molar-refractivity contribution in [3.05, 3.63) is 0 Å². The van der Waals surface area contributed by atoms with E-state index >= 15 is 0 Å². The standard InChI is InChI=1S/C11H21NO2/c1-8(2)9(3)14-10(13)11(4)5-6-12-7-11/h8-9,12H,5-7H2,1-4H3. The van der Waals surface area contributed by atoms with Gasteiger partial charge in [0.1, 0.15) is 6.10 Å². The van der Waals surface area contributed by atoms with Crippen LogP contribution in [0.15, 0.2) is 0 Å². The molecule has 0 radical (unpaired) electrons. The zero-order valence-electron chi connectivity index (χ0n) is 9.59. The molecule has 1 saturated heterocycles. The van der Waals surface area contributed by atoms with Crippen LogP contribution in [0.3, 0.4) is 0 Å². The average molecular weight is 199 g/mol. The molecule has 1 N–H and O–H groups in total. The van der Waals surface area contributed by atoms with Gasteiger partial charge in [-0.2, -0.15) is 0 Å². The van der Waals surface area contributed by atoms with E-state index in [9.17, 15) is 4.79 Å². The van der Waals surface area contributed by atoms with Crippen molar-refractivity contribution in [2.24, 2.45) is 11.3 Å². The first-order chi connectivity index (χ1) is 6.46. The van der Waals surface area contributed by atoms with E-state index in [2.05, 4.69) is 19.2 Å². The summed E-state index contributed by atoms with van der Waals surface area (Å²) in [6.45, 7) is 9.72. The summed E-state index contributed by atoms with van der Waals surface area (Å²) in [5, 5.41) is 3.20. The molecule has 3 heteroatoms. The van der Waals surface area contributed by atoms with E-state index < -0.39 is 0 Å². The molecular weight excluding hydrogens is 178 g/mol. The molecule has 3 nitrogen and oxygen atoms in total. The van der Waals surface area contributed by atoms with Crippen LogP contribution in [0, 0.1) is 11.3 Å². The lowest BCUT2D eigenvalue weighted by Crippen LogP contribution is -2.35. The number of carbonyl (C=O) groups excluding carboxylic acids is 1. The molecule has 82 valence electrons. The minimum Gasteiger partial charge on any atom is -0.462 e. The van der Waals surface area contributed by atoms with Crippen molar-refractivity contribution in [1.29, 1.82) is 0 Å². The third-order valence-electron chi connectivity index (χ3n) is 3.09. The fraction of sp³-hybridized carbons (Fsp3) is 0.909. The quantitative estimate of drug-likeness (QED) is 0.701. The summed E-state index contributed by atoms with van der Waals surface area (Å²) in [6.07, 6.45) is 0.899. The highest BCUT2D eigenvalue weighted by molar-refractivity contribution is 5.77. The van der Waals surface area contributed by atoms with Gasteiger partial charge in [-0.05, 0) is 32.7 Å². The Kier molecular flexibility index (Phi) is 3.53. The van der Waals surface area contributed by atoms with E-state index in [1.54, 1.807) is 0 Å². The molecule has 0 spiro atoms. The van der Waals surface area contributed by atoms with Crippen LogP contribution in [-0.2, 0) is 9.53 Å². The van der Waals surface area contributed by atoms with Gasteiger partial charge in [0.25, 0.3) is 0 Å². The molecule has 0 saturated carbocycles. The molecule has 0 aliphatic carbocycles. The molecule has 14 heavy (non-hydrogen) atoms. The van der Waals surface area contributed by atoms with Gasteiger partial charge in [-0.15, -0.1) is 0 Å². The predicted molar refractivity (Wildman–Crippen MR) is 56.0 cm³/mol. The number of hydrogen-bond donors (Lipinski definition) is 1. The Balaban J connectivity index is 2.49. The number of carbonyl (C=O) groups is 1. The molecular formula is C11H21NO2. The van der Waals surface area contributed by atoms with Gasteiger partial charge in [-0.1, -0.05) is 13.8 Å². The molecule has 1 rings (SSSR count). The molecule has 2 atom stereocenters. The number of rotatable bonds is 3. The van der Waals surface area contributed by atoms with E-state index in [4.69, 9.17) is 4.74 Å². The van der Waals surface area contributed by atoms with Crippen LogP contribution in [0.2, 0.25) is 0 Å². The third-order valence-corrected chi connectivity index (χ3v) is 3.09. The Morgan fingerprint density at radius 1 is 1.43 bits per heavy atom. The van der Waals surface area contributed by atoms with Gasteiger partial charge in [0, 0.05) is 6.54 Å². The van der Waals surface area contributed by atoms with Crippen molar-refractivity contribution in [1.82, 2.24) is 5.32 Å². The lowest BCUT2D eigenvalue weighted by Gasteiger charge is -2.25. The molecule has 1 fully saturated rings. The maximum absolute atomic E-state index is 11.8. The lowest BCUT2D eigenvalue weighted by molar-refractivity contribution is -0.160. The van der Waals surface area contributed by atoms with E-state index in [1.807, 2.05) is 13.8 Å². The van der Waals surface area contributed by atoms with E-state index in [1.165, 1.54) is 0 Å². The van der Waals surface area contributed by atoms with Crippen LogP contribution in [-0.4, -0.2) is 25.2 Å². The zero-order valence-corrected chi connectivity index (χ0v) is 9.59. The fourth-order valence-corrected chi connectivity index (χ4v) is 1.44. The Morgan fingerprint density at radius 2 is 2.07 bits per heavy atom. The van der Waals surface area contributed by atoms with Crippen LogP contribution in [0.1, 0.15) is 34.1 Å². The SMILES string of the molecule is CC(C)C(C)OC(=O)C1(C)CCNC1. The lowest BCUT2D eigenvalue weighted by atomic mass is 9.90. The highest BCUT2D eigenvalue weighted by atomic mass is 16.5. The summed E-state index contributed by atoms with van der Waals surface area (Å²) in [5.74, 6) is 0.334. The molecule has 1 aliphatic heterocycles. The first kappa shape index (κ1) is 11.5. The van der Waals surface area contributed by atoms with Gasteiger partial charge in [-0.25, -0.2) is 0 Å². The van der Waals surface area contributed by atoms with Crippen molar-refractivity contribution in [2.45, 2.75) is 40.2 Å². The number of nitrogens with one attached hydrogen (secondary N) is 1. The topological polar surface area (TPSA) is 38.3 Å². The maximum atomic E-state index is 11.8. The zero-order chi connectivity index (χ0) is 10.8. The first-order valence-corrected chi connectivity index (χ1v) is 5.37. The second-order valence-corrected chi connectivity index (χ2v) is 4.84. The Labute approximate surface area is 86.2 Å². The summed E-state index contributed by atoms with van der Waals surface area (Å²) in [7, 11) is 0. The molecule has 0 bridgehead atoms. The number of esters is 1. The monoisotopic (exact) mass is 199 g/mol. The summed E-state index contributed by atoms with van der Waals surface area (Å²) in [4.78, 5) is 11.8.